The van der Waals surface area contributed by atoms with E-state index in [0.29, 0.717) is 0 Å². The summed E-state index contributed by atoms with van der Waals surface area (Å²) < 4.78 is 20.8. The van der Waals surface area contributed by atoms with Gasteiger partial charge in [-0.1, -0.05) is 0 Å². The lowest BCUT2D eigenvalue weighted by Crippen LogP contribution is -2.05. The summed E-state index contributed by atoms with van der Waals surface area (Å²) in [5.74, 6) is 0. The van der Waals surface area contributed by atoms with Crippen LogP contribution in [0.3, 0.4) is 0 Å². The molecule has 0 saturated heterocycles. The van der Waals surface area contributed by atoms with Crippen LogP contribution >= 0.6 is 7.37 Å². The van der Waals surface area contributed by atoms with Crippen LogP contribution in [-0.4, -0.2) is 26.2 Å². The number of ether oxygens (including phenoxy) is 1. The fourth-order valence-corrected chi connectivity index (χ4v) is 0.608. The maximum Gasteiger partial charge on any atom is 0.199 e. The van der Waals surface area contributed by atoms with E-state index in [0.717, 1.165) is 0 Å². The van der Waals surface area contributed by atoms with Gasteiger partial charge < -0.3 is 9.26 Å². The van der Waals surface area contributed by atoms with Gasteiger partial charge in [-0.3, -0.25) is 4.57 Å². The highest BCUT2D eigenvalue weighted by atomic mass is 31.2. The van der Waals surface area contributed by atoms with Crippen LogP contribution in [-0.2, 0) is 13.8 Å². The monoisotopic (exact) mass is 166 g/mol. The fourth-order valence-electron chi connectivity index (χ4n) is 0.293. The van der Waals surface area contributed by atoms with Gasteiger partial charge in [-0.15, -0.1) is 0 Å². The molecule has 0 aliphatic heterocycles. The molecule has 0 heterocycles. The van der Waals surface area contributed by atoms with E-state index in [1.165, 1.54) is 0 Å². The smallest absolute Gasteiger partial charge is 0.199 e. The van der Waals surface area contributed by atoms with Crippen molar-refractivity contribution in [2.75, 3.05) is 20.1 Å². The SMILES string of the molecule is CC(C)OCOP(C)(C)=O. The molecule has 0 aromatic rings. The summed E-state index contributed by atoms with van der Waals surface area (Å²) in [6.45, 7) is 7.06. The molecule has 0 N–H and O–H groups in total. The van der Waals surface area contributed by atoms with Gasteiger partial charge in [0.25, 0.3) is 0 Å². The van der Waals surface area contributed by atoms with Crippen molar-refractivity contribution in [1.82, 2.24) is 0 Å². The van der Waals surface area contributed by atoms with Crippen LogP contribution < -0.4 is 0 Å². The van der Waals surface area contributed by atoms with Crippen LogP contribution in [0.1, 0.15) is 13.8 Å². The molecule has 0 amide bonds. The molecule has 0 radical (unpaired) electrons. The molecule has 0 aliphatic rings. The molecule has 0 aliphatic carbocycles. The zero-order valence-electron chi connectivity index (χ0n) is 6.96. The third-order valence-electron chi connectivity index (χ3n) is 0.765. The van der Waals surface area contributed by atoms with Gasteiger partial charge in [0.2, 0.25) is 0 Å². The number of rotatable bonds is 4. The van der Waals surface area contributed by atoms with E-state index >= 15 is 0 Å². The lowest BCUT2D eigenvalue weighted by molar-refractivity contribution is -0.0176. The predicted molar refractivity (Wildman–Crippen MR) is 41.6 cm³/mol. The summed E-state index contributed by atoms with van der Waals surface area (Å²) in [6, 6.07) is 0. The van der Waals surface area contributed by atoms with Crippen molar-refractivity contribution in [2.45, 2.75) is 20.0 Å². The van der Waals surface area contributed by atoms with Crippen LogP contribution in [0.15, 0.2) is 0 Å². The summed E-state index contributed by atoms with van der Waals surface area (Å²) in [6.07, 6.45) is 0.131. The molecule has 0 aromatic heterocycles. The molecular weight excluding hydrogens is 151 g/mol. The zero-order chi connectivity index (χ0) is 8.20. The Balaban J connectivity index is 3.30. The van der Waals surface area contributed by atoms with E-state index in [-0.39, 0.29) is 12.9 Å². The number of hydrogen-bond acceptors (Lipinski definition) is 3. The summed E-state index contributed by atoms with van der Waals surface area (Å²) >= 11 is 0. The minimum atomic E-state index is -2.35. The molecule has 0 saturated carbocycles. The van der Waals surface area contributed by atoms with E-state index in [4.69, 9.17) is 9.26 Å². The highest BCUT2D eigenvalue weighted by Crippen LogP contribution is 2.36. The third-order valence-corrected chi connectivity index (χ3v) is 1.49. The van der Waals surface area contributed by atoms with Gasteiger partial charge >= 0.3 is 0 Å². The summed E-state index contributed by atoms with van der Waals surface area (Å²) in [7, 11) is -2.35. The minimum Gasteiger partial charge on any atom is -0.352 e. The Labute approximate surface area is 62.2 Å². The van der Waals surface area contributed by atoms with Crippen molar-refractivity contribution < 1.29 is 13.8 Å². The van der Waals surface area contributed by atoms with Crippen LogP contribution in [0, 0.1) is 0 Å². The Morgan fingerprint density at radius 2 is 1.90 bits per heavy atom. The van der Waals surface area contributed by atoms with Crippen LogP contribution in [0.25, 0.3) is 0 Å². The quantitative estimate of drug-likeness (QED) is 0.472. The Kier molecular flexibility index (Phi) is 4.18. The lowest BCUT2D eigenvalue weighted by Gasteiger charge is -2.10. The third kappa shape index (κ3) is 8.15. The summed E-state index contributed by atoms with van der Waals surface area (Å²) in [5.41, 5.74) is 0. The van der Waals surface area contributed by atoms with Crippen molar-refractivity contribution in [3.05, 3.63) is 0 Å². The molecule has 4 heteroatoms. The first kappa shape index (κ1) is 10.2. The molecule has 0 fully saturated rings. The molecule has 3 nitrogen and oxygen atoms in total. The number of hydrogen-bond donors (Lipinski definition) is 0. The van der Waals surface area contributed by atoms with Gasteiger partial charge in [0.15, 0.2) is 14.2 Å². The standard InChI is InChI=1S/C6H15O3P/c1-6(2)8-5-9-10(3,4)7/h6H,5H2,1-4H3. The van der Waals surface area contributed by atoms with Crippen molar-refractivity contribution in [1.29, 1.82) is 0 Å². The van der Waals surface area contributed by atoms with Crippen molar-refractivity contribution >= 4 is 7.37 Å². The average Bonchev–Trinajstić information content (AvgIpc) is 1.59. The van der Waals surface area contributed by atoms with Gasteiger partial charge in [-0.05, 0) is 13.8 Å². The first-order valence-electron chi connectivity index (χ1n) is 3.23. The topological polar surface area (TPSA) is 35.5 Å². The predicted octanol–water partition coefficient (Wildman–Crippen LogP) is 1.92. The first-order chi connectivity index (χ1) is 4.42. The van der Waals surface area contributed by atoms with Crippen LogP contribution in [0.2, 0.25) is 0 Å². The Bertz CT molecular complexity index is 127. The van der Waals surface area contributed by atoms with E-state index < -0.39 is 7.37 Å². The molecular formula is C6H15O3P. The molecule has 0 atom stereocenters. The van der Waals surface area contributed by atoms with Gasteiger partial charge in [-0.2, -0.15) is 0 Å². The van der Waals surface area contributed by atoms with Gasteiger partial charge in [0, 0.05) is 13.3 Å². The molecule has 0 bridgehead atoms. The highest BCUT2D eigenvalue weighted by Gasteiger charge is 2.06. The molecule has 0 aromatic carbocycles. The van der Waals surface area contributed by atoms with Crippen molar-refractivity contribution in [3.63, 3.8) is 0 Å². The minimum absolute atomic E-state index is 0.127. The zero-order valence-corrected chi connectivity index (χ0v) is 7.85. The van der Waals surface area contributed by atoms with E-state index in [1.54, 1.807) is 13.3 Å². The van der Waals surface area contributed by atoms with E-state index in [1.807, 2.05) is 13.8 Å². The fraction of sp³-hybridized carbons (Fsp3) is 1.00. The molecule has 0 rings (SSSR count). The van der Waals surface area contributed by atoms with Crippen LogP contribution in [0.4, 0.5) is 0 Å². The average molecular weight is 166 g/mol. The first-order valence-corrected chi connectivity index (χ1v) is 5.75. The van der Waals surface area contributed by atoms with Gasteiger partial charge in [-0.25, -0.2) is 0 Å². The maximum atomic E-state index is 10.9. The molecule has 10 heavy (non-hydrogen) atoms. The van der Waals surface area contributed by atoms with Gasteiger partial charge in [0.1, 0.15) is 0 Å². The second-order valence-electron chi connectivity index (χ2n) is 2.71. The second kappa shape index (κ2) is 4.12. The Hall–Kier alpha value is 0.150. The van der Waals surface area contributed by atoms with Crippen molar-refractivity contribution in [2.24, 2.45) is 0 Å². The van der Waals surface area contributed by atoms with Crippen molar-refractivity contribution in [3.8, 4) is 0 Å². The largest absolute Gasteiger partial charge is 0.352 e. The normalized spacial score (nSPS) is 12.5. The second-order valence-corrected chi connectivity index (χ2v) is 5.48. The van der Waals surface area contributed by atoms with E-state index in [2.05, 4.69) is 0 Å². The summed E-state index contributed by atoms with van der Waals surface area (Å²) in [4.78, 5) is 0. The Morgan fingerprint density at radius 3 is 2.20 bits per heavy atom. The highest BCUT2D eigenvalue weighted by molar-refractivity contribution is 7.57. The Morgan fingerprint density at radius 1 is 1.40 bits per heavy atom. The molecule has 0 spiro atoms. The maximum absolute atomic E-state index is 10.9. The van der Waals surface area contributed by atoms with Crippen LogP contribution in [0.5, 0.6) is 0 Å². The summed E-state index contributed by atoms with van der Waals surface area (Å²) in [5, 5.41) is 0. The molecule has 0 unspecified atom stereocenters. The lowest BCUT2D eigenvalue weighted by atomic mass is 10.5. The van der Waals surface area contributed by atoms with E-state index in [9.17, 15) is 4.57 Å². The molecule has 62 valence electrons. The van der Waals surface area contributed by atoms with Gasteiger partial charge in [0.05, 0.1) is 6.10 Å².